The first-order valence-electron chi connectivity index (χ1n) is 6.12. The van der Waals surface area contributed by atoms with Crippen LogP contribution in [0.2, 0.25) is 0 Å². The maximum atomic E-state index is 5.66. The van der Waals surface area contributed by atoms with Crippen LogP contribution < -0.4 is 15.8 Å². The third-order valence-corrected chi connectivity index (χ3v) is 3.19. The van der Waals surface area contributed by atoms with Gasteiger partial charge in [0.25, 0.3) is 0 Å². The van der Waals surface area contributed by atoms with E-state index in [9.17, 15) is 0 Å². The quantitative estimate of drug-likeness (QED) is 0.800. The molecule has 0 unspecified atom stereocenters. The van der Waals surface area contributed by atoms with Crippen LogP contribution in [0.1, 0.15) is 11.1 Å². The molecule has 2 rings (SSSR count). The molecular formula is C13H21N3O. The second-order valence-electron chi connectivity index (χ2n) is 4.38. The Morgan fingerprint density at radius 2 is 2.12 bits per heavy atom. The van der Waals surface area contributed by atoms with Crippen LogP contribution in [0, 0.1) is 0 Å². The minimum Gasteiger partial charge on any atom is -0.496 e. The van der Waals surface area contributed by atoms with Crippen molar-refractivity contribution in [3.63, 3.8) is 0 Å². The lowest BCUT2D eigenvalue weighted by atomic mass is 10.1. The maximum absolute atomic E-state index is 5.66. The molecule has 0 saturated carbocycles. The van der Waals surface area contributed by atoms with Gasteiger partial charge >= 0.3 is 0 Å². The largest absolute Gasteiger partial charge is 0.496 e. The Morgan fingerprint density at radius 1 is 1.35 bits per heavy atom. The summed E-state index contributed by atoms with van der Waals surface area (Å²) in [7, 11) is 1.70. The molecule has 1 aromatic rings. The number of nitrogens with two attached hydrogens (primary N) is 1. The van der Waals surface area contributed by atoms with E-state index in [1.807, 2.05) is 0 Å². The number of nitrogens with one attached hydrogen (secondary N) is 1. The van der Waals surface area contributed by atoms with E-state index < -0.39 is 0 Å². The Balaban J connectivity index is 2.05. The average molecular weight is 235 g/mol. The number of benzene rings is 1. The first-order chi connectivity index (χ1) is 8.33. The van der Waals surface area contributed by atoms with Crippen LogP contribution in [0.4, 0.5) is 0 Å². The monoisotopic (exact) mass is 235 g/mol. The first kappa shape index (κ1) is 12.4. The lowest BCUT2D eigenvalue weighted by molar-refractivity contribution is 0.233. The Labute approximate surface area is 103 Å². The Morgan fingerprint density at radius 3 is 2.76 bits per heavy atom. The van der Waals surface area contributed by atoms with Gasteiger partial charge < -0.3 is 15.8 Å². The summed E-state index contributed by atoms with van der Waals surface area (Å²) in [4.78, 5) is 2.45. The van der Waals surface area contributed by atoms with E-state index in [0.717, 1.165) is 44.0 Å². The van der Waals surface area contributed by atoms with Gasteiger partial charge in [-0.05, 0) is 11.6 Å². The third-order valence-electron chi connectivity index (χ3n) is 3.19. The maximum Gasteiger partial charge on any atom is 0.123 e. The molecule has 94 valence electrons. The van der Waals surface area contributed by atoms with E-state index >= 15 is 0 Å². The Hall–Kier alpha value is -1.10. The molecule has 0 bridgehead atoms. The van der Waals surface area contributed by atoms with E-state index in [0.29, 0.717) is 6.54 Å². The zero-order valence-corrected chi connectivity index (χ0v) is 10.4. The zero-order chi connectivity index (χ0) is 12.1. The van der Waals surface area contributed by atoms with Gasteiger partial charge in [0.1, 0.15) is 5.75 Å². The van der Waals surface area contributed by atoms with Gasteiger partial charge in [0, 0.05) is 44.8 Å². The molecule has 1 aliphatic heterocycles. The second-order valence-corrected chi connectivity index (χ2v) is 4.38. The molecule has 0 atom stereocenters. The number of hydrogen-bond acceptors (Lipinski definition) is 4. The highest BCUT2D eigenvalue weighted by molar-refractivity contribution is 5.37. The molecule has 0 aliphatic carbocycles. The van der Waals surface area contributed by atoms with E-state index in [4.69, 9.17) is 10.5 Å². The summed E-state index contributed by atoms with van der Waals surface area (Å²) in [5.41, 5.74) is 8.02. The SMILES string of the molecule is COc1cc(CN2CCNCC2)ccc1CN. The minimum atomic E-state index is 0.525. The van der Waals surface area contributed by atoms with Gasteiger partial charge in [-0.1, -0.05) is 12.1 Å². The van der Waals surface area contributed by atoms with Crippen LogP contribution in [0.5, 0.6) is 5.75 Å². The van der Waals surface area contributed by atoms with Crippen molar-refractivity contribution in [1.82, 2.24) is 10.2 Å². The molecule has 4 heteroatoms. The fraction of sp³-hybridized carbons (Fsp3) is 0.538. The number of methoxy groups -OCH3 is 1. The predicted octanol–water partition coefficient (Wildman–Crippen LogP) is 0.559. The van der Waals surface area contributed by atoms with Crippen molar-refractivity contribution in [3.05, 3.63) is 29.3 Å². The van der Waals surface area contributed by atoms with Crippen molar-refractivity contribution in [1.29, 1.82) is 0 Å². The summed E-state index contributed by atoms with van der Waals surface area (Å²) in [6, 6.07) is 6.31. The molecule has 1 heterocycles. The summed E-state index contributed by atoms with van der Waals surface area (Å²) in [6.45, 7) is 5.90. The zero-order valence-electron chi connectivity index (χ0n) is 10.4. The predicted molar refractivity (Wildman–Crippen MR) is 69.0 cm³/mol. The van der Waals surface area contributed by atoms with Crippen LogP contribution in [0.15, 0.2) is 18.2 Å². The van der Waals surface area contributed by atoms with Crippen LogP contribution in [0.25, 0.3) is 0 Å². The van der Waals surface area contributed by atoms with Gasteiger partial charge in [-0.2, -0.15) is 0 Å². The Kier molecular flexibility index (Phi) is 4.36. The van der Waals surface area contributed by atoms with E-state index in [1.54, 1.807) is 7.11 Å². The van der Waals surface area contributed by atoms with Crippen molar-refractivity contribution in [2.75, 3.05) is 33.3 Å². The molecule has 0 radical (unpaired) electrons. The molecule has 1 aliphatic rings. The third kappa shape index (κ3) is 3.19. The Bertz CT molecular complexity index is 362. The molecular weight excluding hydrogens is 214 g/mol. The van der Waals surface area contributed by atoms with Gasteiger partial charge in [-0.25, -0.2) is 0 Å². The van der Waals surface area contributed by atoms with Crippen molar-refractivity contribution in [2.45, 2.75) is 13.1 Å². The van der Waals surface area contributed by atoms with Gasteiger partial charge in [-0.15, -0.1) is 0 Å². The lowest BCUT2D eigenvalue weighted by Crippen LogP contribution is -2.42. The standard InChI is InChI=1S/C13H21N3O/c1-17-13-8-11(2-3-12(13)9-14)10-16-6-4-15-5-7-16/h2-3,8,15H,4-7,9-10,14H2,1H3. The van der Waals surface area contributed by atoms with Crippen molar-refractivity contribution >= 4 is 0 Å². The number of piperazine rings is 1. The van der Waals surface area contributed by atoms with Gasteiger partial charge in [-0.3, -0.25) is 4.90 Å². The first-order valence-corrected chi connectivity index (χ1v) is 6.12. The highest BCUT2D eigenvalue weighted by Gasteiger charge is 2.11. The number of hydrogen-bond donors (Lipinski definition) is 2. The smallest absolute Gasteiger partial charge is 0.123 e. The number of nitrogens with zero attached hydrogens (tertiary/aromatic N) is 1. The fourth-order valence-corrected chi connectivity index (χ4v) is 2.18. The average Bonchev–Trinajstić information content (AvgIpc) is 2.40. The second kappa shape index (κ2) is 6.00. The minimum absolute atomic E-state index is 0.525. The van der Waals surface area contributed by atoms with Gasteiger partial charge in [0.05, 0.1) is 7.11 Å². The van der Waals surface area contributed by atoms with Crippen LogP contribution >= 0.6 is 0 Å². The number of rotatable bonds is 4. The summed E-state index contributed by atoms with van der Waals surface area (Å²) < 4.78 is 5.36. The molecule has 1 fully saturated rings. The summed E-state index contributed by atoms with van der Waals surface area (Å²) in [6.07, 6.45) is 0. The summed E-state index contributed by atoms with van der Waals surface area (Å²) in [5.74, 6) is 0.903. The molecule has 4 nitrogen and oxygen atoms in total. The summed E-state index contributed by atoms with van der Waals surface area (Å²) >= 11 is 0. The topological polar surface area (TPSA) is 50.5 Å². The van der Waals surface area contributed by atoms with Crippen LogP contribution in [0.3, 0.4) is 0 Å². The van der Waals surface area contributed by atoms with Gasteiger partial charge in [0.2, 0.25) is 0 Å². The molecule has 0 amide bonds. The molecule has 0 spiro atoms. The number of ether oxygens (including phenoxy) is 1. The molecule has 17 heavy (non-hydrogen) atoms. The van der Waals surface area contributed by atoms with E-state index in [-0.39, 0.29) is 0 Å². The van der Waals surface area contributed by atoms with E-state index in [1.165, 1.54) is 5.56 Å². The molecule has 3 N–H and O–H groups in total. The molecule has 1 saturated heterocycles. The molecule has 0 aromatic heterocycles. The normalized spacial score (nSPS) is 17.1. The highest BCUT2D eigenvalue weighted by atomic mass is 16.5. The fourth-order valence-electron chi connectivity index (χ4n) is 2.18. The van der Waals surface area contributed by atoms with E-state index in [2.05, 4.69) is 28.4 Å². The van der Waals surface area contributed by atoms with Crippen molar-refractivity contribution in [3.8, 4) is 5.75 Å². The van der Waals surface area contributed by atoms with Gasteiger partial charge in [0.15, 0.2) is 0 Å². The highest BCUT2D eigenvalue weighted by Crippen LogP contribution is 2.20. The van der Waals surface area contributed by atoms with Crippen LogP contribution in [-0.4, -0.2) is 38.2 Å². The van der Waals surface area contributed by atoms with Crippen LogP contribution in [-0.2, 0) is 13.1 Å². The molecule has 1 aromatic carbocycles. The van der Waals surface area contributed by atoms with Crippen molar-refractivity contribution in [2.24, 2.45) is 5.73 Å². The lowest BCUT2D eigenvalue weighted by Gasteiger charge is -2.27. The summed E-state index contributed by atoms with van der Waals surface area (Å²) in [5, 5.41) is 3.36. The van der Waals surface area contributed by atoms with Crippen molar-refractivity contribution < 1.29 is 4.74 Å².